The van der Waals surface area contributed by atoms with Crippen molar-refractivity contribution in [3.63, 3.8) is 0 Å². The van der Waals surface area contributed by atoms with Gasteiger partial charge in [0, 0.05) is 5.69 Å². The van der Waals surface area contributed by atoms with Crippen LogP contribution in [0.5, 0.6) is 5.75 Å². The lowest BCUT2D eigenvalue weighted by atomic mass is 10.2. The summed E-state index contributed by atoms with van der Waals surface area (Å²) in [6.07, 6.45) is 0. The maximum Gasteiger partial charge on any atom is 0.278 e. The van der Waals surface area contributed by atoms with Gasteiger partial charge in [-0.25, -0.2) is 4.39 Å². The van der Waals surface area contributed by atoms with Gasteiger partial charge in [0.15, 0.2) is 5.69 Å². The molecule has 0 atom stereocenters. The molecule has 0 spiro atoms. The van der Waals surface area contributed by atoms with Crippen LogP contribution in [0.3, 0.4) is 0 Å². The number of rotatable bonds is 5. The second kappa shape index (κ2) is 7.36. The van der Waals surface area contributed by atoms with Gasteiger partial charge >= 0.3 is 0 Å². The predicted octanol–water partition coefficient (Wildman–Crippen LogP) is 4.61. The Morgan fingerprint density at radius 3 is 2.76 bits per heavy atom. The van der Waals surface area contributed by atoms with Gasteiger partial charge in [-0.3, -0.25) is 4.79 Å². The molecule has 0 saturated heterocycles. The van der Waals surface area contributed by atoms with Gasteiger partial charge in [-0.2, -0.15) is 0 Å². The van der Waals surface area contributed by atoms with Crippen LogP contribution in [-0.2, 0) is 6.61 Å². The standard InChI is InChI=1S/C18H14ClFN2O3/c1-11-14(10-24-13-5-3-2-4-6-13)17(22-25-11)18(23)21-12-7-8-16(20)15(19)9-12/h2-9H,10H2,1H3,(H,21,23). The van der Waals surface area contributed by atoms with E-state index in [0.717, 1.165) is 0 Å². The average molecular weight is 361 g/mol. The summed E-state index contributed by atoms with van der Waals surface area (Å²) in [7, 11) is 0. The number of halogens is 2. The highest BCUT2D eigenvalue weighted by atomic mass is 35.5. The Labute approximate surface area is 148 Å². The first-order valence-electron chi connectivity index (χ1n) is 7.44. The zero-order valence-electron chi connectivity index (χ0n) is 13.3. The molecule has 1 heterocycles. The van der Waals surface area contributed by atoms with E-state index in [-0.39, 0.29) is 17.3 Å². The summed E-state index contributed by atoms with van der Waals surface area (Å²) in [5.41, 5.74) is 0.996. The molecule has 2 aromatic carbocycles. The number of para-hydroxylation sites is 1. The van der Waals surface area contributed by atoms with Crippen molar-refractivity contribution in [2.45, 2.75) is 13.5 Å². The molecule has 7 heteroatoms. The normalized spacial score (nSPS) is 10.5. The molecular weight excluding hydrogens is 347 g/mol. The van der Waals surface area contributed by atoms with E-state index in [4.69, 9.17) is 20.9 Å². The van der Waals surface area contributed by atoms with E-state index >= 15 is 0 Å². The summed E-state index contributed by atoms with van der Waals surface area (Å²) in [6.45, 7) is 1.83. The van der Waals surface area contributed by atoms with E-state index < -0.39 is 11.7 Å². The largest absolute Gasteiger partial charge is 0.489 e. The fourth-order valence-electron chi connectivity index (χ4n) is 2.18. The number of carbonyl (C=O) groups is 1. The molecule has 0 aliphatic carbocycles. The number of anilines is 1. The third-order valence-corrected chi connectivity index (χ3v) is 3.79. The third-order valence-electron chi connectivity index (χ3n) is 3.50. The topological polar surface area (TPSA) is 64.4 Å². The highest BCUT2D eigenvalue weighted by Crippen LogP contribution is 2.22. The Balaban J connectivity index is 1.75. The Morgan fingerprint density at radius 1 is 1.28 bits per heavy atom. The van der Waals surface area contributed by atoms with Crippen LogP contribution in [0.2, 0.25) is 5.02 Å². The van der Waals surface area contributed by atoms with Crippen LogP contribution in [0.1, 0.15) is 21.8 Å². The van der Waals surface area contributed by atoms with Crippen LogP contribution >= 0.6 is 11.6 Å². The van der Waals surface area contributed by atoms with E-state index in [9.17, 15) is 9.18 Å². The number of nitrogens with one attached hydrogen (secondary N) is 1. The molecule has 3 rings (SSSR count). The molecule has 1 aromatic heterocycles. The molecule has 25 heavy (non-hydrogen) atoms. The number of aromatic nitrogens is 1. The van der Waals surface area contributed by atoms with Crippen molar-refractivity contribution >= 4 is 23.2 Å². The second-order valence-electron chi connectivity index (χ2n) is 5.25. The molecule has 0 unspecified atom stereocenters. The van der Waals surface area contributed by atoms with Crippen molar-refractivity contribution in [1.82, 2.24) is 5.16 Å². The van der Waals surface area contributed by atoms with Crippen LogP contribution in [0.15, 0.2) is 53.1 Å². The molecule has 128 valence electrons. The molecule has 5 nitrogen and oxygen atoms in total. The Hall–Kier alpha value is -2.86. The molecule has 1 amide bonds. The fraction of sp³-hybridized carbons (Fsp3) is 0.111. The number of amides is 1. The van der Waals surface area contributed by atoms with E-state index in [1.54, 1.807) is 6.92 Å². The molecule has 0 fully saturated rings. The zero-order chi connectivity index (χ0) is 17.8. The number of hydrogen-bond acceptors (Lipinski definition) is 4. The van der Waals surface area contributed by atoms with Crippen LogP contribution < -0.4 is 10.1 Å². The van der Waals surface area contributed by atoms with Gasteiger partial charge in [-0.1, -0.05) is 35.0 Å². The molecule has 1 N–H and O–H groups in total. The summed E-state index contributed by atoms with van der Waals surface area (Å²) < 4.78 is 24.0. The maximum absolute atomic E-state index is 13.2. The quantitative estimate of drug-likeness (QED) is 0.721. The first-order chi connectivity index (χ1) is 12.0. The Kier molecular flexibility index (Phi) is 5.00. The minimum Gasteiger partial charge on any atom is -0.489 e. The smallest absolute Gasteiger partial charge is 0.278 e. The van der Waals surface area contributed by atoms with Crippen LogP contribution in [-0.4, -0.2) is 11.1 Å². The highest BCUT2D eigenvalue weighted by molar-refractivity contribution is 6.31. The van der Waals surface area contributed by atoms with Crippen molar-refractivity contribution in [3.05, 3.63) is 76.4 Å². The van der Waals surface area contributed by atoms with Crippen LogP contribution in [0.4, 0.5) is 10.1 Å². The minimum absolute atomic E-state index is 0.0817. The minimum atomic E-state index is -0.561. The first-order valence-corrected chi connectivity index (χ1v) is 7.82. The molecule has 0 bridgehead atoms. The lowest BCUT2D eigenvalue weighted by Gasteiger charge is -2.07. The SMILES string of the molecule is Cc1onc(C(=O)Nc2ccc(F)c(Cl)c2)c1COc1ccccc1. The van der Waals surface area contributed by atoms with E-state index in [1.807, 2.05) is 30.3 Å². The monoisotopic (exact) mass is 360 g/mol. The van der Waals surface area contributed by atoms with Gasteiger partial charge in [0.05, 0.1) is 10.6 Å². The van der Waals surface area contributed by atoms with Gasteiger partial charge in [0.25, 0.3) is 5.91 Å². The lowest BCUT2D eigenvalue weighted by Crippen LogP contribution is -2.15. The van der Waals surface area contributed by atoms with Crippen molar-refractivity contribution in [2.24, 2.45) is 0 Å². The van der Waals surface area contributed by atoms with Crippen molar-refractivity contribution in [1.29, 1.82) is 0 Å². The average Bonchev–Trinajstić information content (AvgIpc) is 2.98. The molecular formula is C18H14ClFN2O3. The predicted molar refractivity (Wildman–Crippen MR) is 91.4 cm³/mol. The van der Waals surface area contributed by atoms with Crippen molar-refractivity contribution in [2.75, 3.05) is 5.32 Å². The first kappa shape index (κ1) is 17.0. The summed E-state index contributed by atoms with van der Waals surface area (Å²) in [6, 6.07) is 13.1. The third kappa shape index (κ3) is 3.97. The van der Waals surface area contributed by atoms with E-state index in [1.165, 1.54) is 18.2 Å². The van der Waals surface area contributed by atoms with Gasteiger partial charge in [-0.15, -0.1) is 0 Å². The number of carbonyl (C=O) groups excluding carboxylic acids is 1. The van der Waals surface area contributed by atoms with E-state index in [0.29, 0.717) is 22.8 Å². The Bertz CT molecular complexity index is 897. The number of benzene rings is 2. The molecule has 3 aromatic rings. The fourth-order valence-corrected chi connectivity index (χ4v) is 2.36. The highest BCUT2D eigenvalue weighted by Gasteiger charge is 2.20. The maximum atomic E-state index is 13.2. The van der Waals surface area contributed by atoms with Crippen molar-refractivity contribution in [3.8, 4) is 5.75 Å². The number of ether oxygens (including phenoxy) is 1. The van der Waals surface area contributed by atoms with Gasteiger partial charge < -0.3 is 14.6 Å². The Morgan fingerprint density at radius 2 is 2.04 bits per heavy atom. The second-order valence-corrected chi connectivity index (χ2v) is 5.66. The lowest BCUT2D eigenvalue weighted by molar-refractivity contribution is 0.101. The van der Waals surface area contributed by atoms with Crippen molar-refractivity contribution < 1.29 is 18.4 Å². The summed E-state index contributed by atoms with van der Waals surface area (Å²) in [5, 5.41) is 6.32. The molecule has 0 saturated carbocycles. The van der Waals surface area contributed by atoms with Crippen LogP contribution in [0.25, 0.3) is 0 Å². The molecule has 0 aliphatic rings. The number of nitrogens with zero attached hydrogens (tertiary/aromatic N) is 1. The van der Waals surface area contributed by atoms with Gasteiger partial charge in [0.1, 0.15) is 23.9 Å². The van der Waals surface area contributed by atoms with E-state index in [2.05, 4.69) is 10.5 Å². The number of hydrogen-bond donors (Lipinski definition) is 1. The number of aryl methyl sites for hydroxylation is 1. The van der Waals surface area contributed by atoms with Gasteiger partial charge in [0.2, 0.25) is 0 Å². The summed E-state index contributed by atoms with van der Waals surface area (Å²) >= 11 is 5.72. The summed E-state index contributed by atoms with van der Waals surface area (Å²) in [5.74, 6) is 0.0954. The summed E-state index contributed by atoms with van der Waals surface area (Å²) in [4.78, 5) is 12.4. The van der Waals surface area contributed by atoms with Gasteiger partial charge in [-0.05, 0) is 37.3 Å². The van der Waals surface area contributed by atoms with Crippen LogP contribution in [0, 0.1) is 12.7 Å². The molecule has 0 aliphatic heterocycles. The zero-order valence-corrected chi connectivity index (χ0v) is 14.0. The molecule has 0 radical (unpaired) electrons.